The molecule has 0 aliphatic carbocycles. The van der Waals surface area contributed by atoms with Gasteiger partial charge in [-0.05, 0) is 31.9 Å². The third-order valence-corrected chi connectivity index (χ3v) is 3.64. The van der Waals surface area contributed by atoms with Crippen LogP contribution in [0.5, 0.6) is 5.75 Å². The molecular weight excluding hydrogens is 324 g/mol. The maximum Gasteiger partial charge on any atom is 0.329 e. The Morgan fingerprint density at radius 3 is 2.64 bits per heavy atom. The largest absolute Gasteiger partial charge is 0.483 e. The van der Waals surface area contributed by atoms with E-state index in [1.165, 1.54) is 6.21 Å². The summed E-state index contributed by atoms with van der Waals surface area (Å²) in [6.07, 6.45) is 3.42. The van der Waals surface area contributed by atoms with Crippen molar-refractivity contribution in [1.82, 2.24) is 15.6 Å². The van der Waals surface area contributed by atoms with Gasteiger partial charge >= 0.3 is 11.8 Å². The number of carbonyl (C=O) groups excluding carboxylic acids is 3. The minimum atomic E-state index is -0.847. The summed E-state index contributed by atoms with van der Waals surface area (Å²) in [4.78, 5) is 36.6. The molecule has 1 aromatic rings. The summed E-state index contributed by atoms with van der Waals surface area (Å²) >= 11 is 0. The molecule has 134 valence electrons. The predicted molar refractivity (Wildman–Crippen MR) is 92.2 cm³/mol. The molecule has 25 heavy (non-hydrogen) atoms. The van der Waals surface area contributed by atoms with Crippen LogP contribution in [0, 0.1) is 0 Å². The van der Waals surface area contributed by atoms with Gasteiger partial charge in [0.2, 0.25) is 0 Å². The van der Waals surface area contributed by atoms with E-state index < -0.39 is 11.8 Å². The molecule has 3 amide bonds. The third-order valence-electron chi connectivity index (χ3n) is 3.64. The first-order chi connectivity index (χ1) is 12.1. The average molecular weight is 346 g/mol. The normalized spacial score (nSPS) is 13.7. The lowest BCUT2D eigenvalue weighted by molar-refractivity contribution is -0.139. The van der Waals surface area contributed by atoms with Crippen molar-refractivity contribution in [1.29, 1.82) is 0 Å². The minimum Gasteiger partial charge on any atom is -0.483 e. The molecule has 1 fully saturated rings. The topological polar surface area (TPSA) is 100 Å². The Morgan fingerprint density at radius 1 is 1.20 bits per heavy atom. The highest BCUT2D eigenvalue weighted by atomic mass is 16.5. The van der Waals surface area contributed by atoms with Crippen molar-refractivity contribution < 1.29 is 19.1 Å². The zero-order valence-corrected chi connectivity index (χ0v) is 14.2. The van der Waals surface area contributed by atoms with Crippen molar-refractivity contribution in [3.05, 3.63) is 29.8 Å². The Morgan fingerprint density at radius 2 is 1.92 bits per heavy atom. The fourth-order valence-corrected chi connectivity index (χ4v) is 2.37. The quantitative estimate of drug-likeness (QED) is 0.439. The molecule has 1 heterocycles. The van der Waals surface area contributed by atoms with Gasteiger partial charge in [-0.25, -0.2) is 5.43 Å². The Kier molecular flexibility index (Phi) is 6.94. The number of likely N-dealkylation sites (N-methyl/N-ethyl adjacent to an activating group) is 1. The molecule has 8 nitrogen and oxygen atoms in total. The molecule has 0 saturated carbocycles. The molecule has 2 N–H and O–H groups in total. The SMILES string of the molecule is CCNC(=O)C(=O)N/N=C\c1ccccc1OCC(=O)N1CCCC1. The summed E-state index contributed by atoms with van der Waals surface area (Å²) in [5, 5.41) is 6.12. The average Bonchev–Trinajstić information content (AvgIpc) is 3.15. The second-order valence-electron chi connectivity index (χ2n) is 5.47. The van der Waals surface area contributed by atoms with Crippen molar-refractivity contribution in [2.24, 2.45) is 5.10 Å². The van der Waals surface area contributed by atoms with E-state index in [1.807, 2.05) is 0 Å². The van der Waals surface area contributed by atoms with Gasteiger partial charge in [-0.1, -0.05) is 12.1 Å². The van der Waals surface area contributed by atoms with Gasteiger partial charge in [-0.3, -0.25) is 14.4 Å². The Balaban J connectivity index is 1.91. The molecule has 2 rings (SSSR count). The van der Waals surface area contributed by atoms with E-state index in [2.05, 4.69) is 15.8 Å². The van der Waals surface area contributed by atoms with Gasteiger partial charge in [0.05, 0.1) is 6.21 Å². The van der Waals surface area contributed by atoms with E-state index >= 15 is 0 Å². The maximum atomic E-state index is 12.0. The maximum absolute atomic E-state index is 12.0. The van der Waals surface area contributed by atoms with E-state index in [9.17, 15) is 14.4 Å². The molecule has 0 spiro atoms. The summed E-state index contributed by atoms with van der Waals surface area (Å²) in [5.41, 5.74) is 2.73. The van der Waals surface area contributed by atoms with Crippen LogP contribution in [-0.4, -0.2) is 55.1 Å². The number of ether oxygens (including phenoxy) is 1. The fraction of sp³-hybridized carbons (Fsp3) is 0.412. The van der Waals surface area contributed by atoms with Gasteiger partial charge in [0.1, 0.15) is 5.75 Å². The number of carbonyl (C=O) groups is 3. The van der Waals surface area contributed by atoms with Crippen LogP contribution in [0.4, 0.5) is 0 Å². The molecule has 1 aliphatic heterocycles. The molecule has 1 aromatic carbocycles. The summed E-state index contributed by atoms with van der Waals surface area (Å²) in [6.45, 7) is 3.58. The van der Waals surface area contributed by atoms with Gasteiger partial charge < -0.3 is 15.0 Å². The van der Waals surface area contributed by atoms with E-state index in [4.69, 9.17) is 4.74 Å². The zero-order valence-electron chi connectivity index (χ0n) is 14.2. The lowest BCUT2D eigenvalue weighted by Crippen LogP contribution is -2.37. The van der Waals surface area contributed by atoms with Crippen LogP contribution in [-0.2, 0) is 14.4 Å². The first-order valence-electron chi connectivity index (χ1n) is 8.22. The highest BCUT2D eigenvalue weighted by molar-refractivity contribution is 6.35. The number of benzene rings is 1. The lowest BCUT2D eigenvalue weighted by atomic mass is 10.2. The van der Waals surface area contributed by atoms with Crippen LogP contribution in [0.15, 0.2) is 29.4 Å². The van der Waals surface area contributed by atoms with E-state index in [0.29, 0.717) is 17.9 Å². The minimum absolute atomic E-state index is 0.0455. The molecule has 1 aliphatic rings. The van der Waals surface area contributed by atoms with Gasteiger partial charge in [0.25, 0.3) is 5.91 Å². The van der Waals surface area contributed by atoms with E-state index in [-0.39, 0.29) is 12.5 Å². The second kappa shape index (κ2) is 9.41. The number of para-hydroxylation sites is 1. The first-order valence-corrected chi connectivity index (χ1v) is 8.22. The molecular formula is C17H22N4O4. The molecule has 8 heteroatoms. The highest BCUT2D eigenvalue weighted by Crippen LogP contribution is 2.16. The second-order valence-corrected chi connectivity index (χ2v) is 5.47. The number of amides is 3. The third kappa shape index (κ3) is 5.59. The number of hydrogen-bond acceptors (Lipinski definition) is 5. The van der Waals surface area contributed by atoms with Gasteiger partial charge in [-0.15, -0.1) is 0 Å². The van der Waals surface area contributed by atoms with Crippen LogP contribution in [0.3, 0.4) is 0 Å². The van der Waals surface area contributed by atoms with Crippen LogP contribution in [0.2, 0.25) is 0 Å². The number of nitrogens with one attached hydrogen (secondary N) is 2. The van der Waals surface area contributed by atoms with E-state index in [0.717, 1.165) is 25.9 Å². The first kappa shape index (κ1) is 18.4. The molecule has 0 atom stereocenters. The van der Waals surface area contributed by atoms with Crippen molar-refractivity contribution in [3.8, 4) is 5.75 Å². The van der Waals surface area contributed by atoms with Crippen molar-refractivity contribution >= 4 is 23.9 Å². The van der Waals surface area contributed by atoms with Crippen LogP contribution >= 0.6 is 0 Å². The number of hydrazone groups is 1. The summed E-state index contributed by atoms with van der Waals surface area (Å²) < 4.78 is 5.58. The Labute approximate surface area is 146 Å². The predicted octanol–water partition coefficient (Wildman–Crippen LogP) is 0.274. The fourth-order valence-electron chi connectivity index (χ4n) is 2.37. The molecule has 0 unspecified atom stereocenters. The van der Waals surface area contributed by atoms with Crippen molar-refractivity contribution in [3.63, 3.8) is 0 Å². The van der Waals surface area contributed by atoms with Crippen LogP contribution in [0.25, 0.3) is 0 Å². The summed E-state index contributed by atoms with van der Waals surface area (Å²) in [7, 11) is 0. The van der Waals surface area contributed by atoms with Gasteiger partial charge in [-0.2, -0.15) is 5.10 Å². The molecule has 1 saturated heterocycles. The lowest BCUT2D eigenvalue weighted by Gasteiger charge is -2.16. The number of rotatable bonds is 6. The molecule has 0 aromatic heterocycles. The number of hydrogen-bond donors (Lipinski definition) is 2. The molecule has 0 radical (unpaired) electrons. The van der Waals surface area contributed by atoms with Crippen LogP contribution < -0.4 is 15.5 Å². The smallest absolute Gasteiger partial charge is 0.329 e. The van der Waals surface area contributed by atoms with Crippen molar-refractivity contribution in [2.45, 2.75) is 19.8 Å². The standard InChI is InChI=1S/C17H22N4O4/c1-2-18-16(23)17(24)20-19-11-13-7-3-4-8-14(13)25-12-15(22)21-9-5-6-10-21/h3-4,7-8,11H,2,5-6,9-10,12H2,1H3,(H,18,23)(H,20,24)/b19-11-. The number of likely N-dealkylation sites (tertiary alicyclic amines) is 1. The van der Waals surface area contributed by atoms with Gasteiger partial charge in [0, 0.05) is 25.2 Å². The van der Waals surface area contributed by atoms with Crippen LogP contribution in [0.1, 0.15) is 25.3 Å². The monoisotopic (exact) mass is 346 g/mol. The summed E-state index contributed by atoms with van der Waals surface area (Å²) in [5.74, 6) is -1.17. The van der Waals surface area contributed by atoms with Gasteiger partial charge in [0.15, 0.2) is 6.61 Å². The Bertz CT molecular complexity index is 654. The molecule has 0 bridgehead atoms. The highest BCUT2D eigenvalue weighted by Gasteiger charge is 2.18. The Hall–Kier alpha value is -2.90. The zero-order chi connectivity index (χ0) is 18.1. The van der Waals surface area contributed by atoms with E-state index in [1.54, 1.807) is 36.1 Å². The number of nitrogens with zero attached hydrogens (tertiary/aromatic N) is 2. The van der Waals surface area contributed by atoms with Crippen molar-refractivity contribution in [2.75, 3.05) is 26.2 Å². The summed E-state index contributed by atoms with van der Waals surface area (Å²) in [6, 6.07) is 7.00.